The van der Waals surface area contributed by atoms with Gasteiger partial charge in [-0.3, -0.25) is 14.4 Å². The predicted molar refractivity (Wildman–Crippen MR) is 169 cm³/mol. The van der Waals surface area contributed by atoms with Crippen LogP contribution in [0.5, 0.6) is 0 Å². The van der Waals surface area contributed by atoms with Crippen molar-refractivity contribution in [3.05, 3.63) is 47.3 Å². The Hall–Kier alpha value is -3.95. The van der Waals surface area contributed by atoms with E-state index in [1.807, 2.05) is 0 Å². The monoisotopic (exact) mass is 700 g/mol. The van der Waals surface area contributed by atoms with Gasteiger partial charge in [-0.15, -0.1) is 0 Å². The van der Waals surface area contributed by atoms with Crippen LogP contribution in [-0.2, 0) is 33.2 Å². The van der Waals surface area contributed by atoms with E-state index in [1.54, 1.807) is 9.80 Å². The molecule has 2 aliphatic heterocycles. The number of hydrogen-bond acceptors (Lipinski definition) is 8. The van der Waals surface area contributed by atoms with E-state index in [0.717, 1.165) is 18.6 Å². The summed E-state index contributed by atoms with van der Waals surface area (Å²) in [6, 6.07) is 4.52. The molecule has 0 aliphatic carbocycles. The lowest BCUT2D eigenvalue weighted by Crippen LogP contribution is -2.38. The van der Waals surface area contributed by atoms with Crippen LogP contribution in [0.1, 0.15) is 81.2 Å². The number of aromatic nitrogens is 2. The Balaban J connectivity index is 1.31. The average molecular weight is 701 g/mol. The number of ketones is 1. The van der Waals surface area contributed by atoms with Crippen LogP contribution < -0.4 is 20.9 Å². The molecule has 0 spiro atoms. The Morgan fingerprint density at radius 2 is 1.59 bits per heavy atom. The first-order valence-electron chi connectivity index (χ1n) is 16.5. The van der Waals surface area contributed by atoms with Crippen molar-refractivity contribution in [3.8, 4) is 0 Å². The van der Waals surface area contributed by atoms with Crippen LogP contribution in [0.3, 0.4) is 0 Å². The summed E-state index contributed by atoms with van der Waals surface area (Å²) in [6.07, 6.45) is -4.27. The van der Waals surface area contributed by atoms with Gasteiger partial charge in [-0.1, -0.05) is 12.1 Å². The minimum atomic E-state index is -4.80. The van der Waals surface area contributed by atoms with Gasteiger partial charge < -0.3 is 26.0 Å². The molecule has 2 saturated heterocycles. The number of hydrogen-bond donors (Lipinski definition) is 3. The molecule has 270 valence electrons. The summed E-state index contributed by atoms with van der Waals surface area (Å²) in [6.45, 7) is 1.73. The maximum atomic E-state index is 13.9. The Morgan fingerprint density at radius 3 is 2.22 bits per heavy atom. The number of nitrogens with zero attached hydrogens (tertiary/aromatic N) is 4. The van der Waals surface area contributed by atoms with E-state index in [4.69, 9.17) is 10.8 Å². The minimum absolute atomic E-state index is 0.0188. The van der Waals surface area contributed by atoms with E-state index < -0.39 is 41.8 Å². The summed E-state index contributed by atoms with van der Waals surface area (Å²) >= 11 is 0. The van der Waals surface area contributed by atoms with E-state index in [1.165, 1.54) is 18.2 Å². The van der Waals surface area contributed by atoms with Crippen LogP contribution in [-0.4, -0.2) is 71.0 Å². The van der Waals surface area contributed by atoms with Crippen molar-refractivity contribution in [2.75, 3.05) is 36.0 Å². The smallest absolute Gasteiger partial charge is 0.451 e. The standard InChI is InChI=1S/C33H42F6N6O4/c34-32(35,36)23-10-8-21(9-11-23)4-1-7-26(46)25-6-3-17-45(25)28-20-27(42-31(43-28)33(37,38)39)44-18-14-22(15-19-44)5-2-16-41-29(47)13-12-24(40)30(48)49/h8-11,20,22,24-25H,1-7,12-19,40H2,(H,41,47)(H,48,49)/t24-,25-/m0/s1. The van der Waals surface area contributed by atoms with Crippen molar-refractivity contribution in [2.45, 2.75) is 95.1 Å². The summed E-state index contributed by atoms with van der Waals surface area (Å²) in [5.41, 5.74) is 5.32. The number of carbonyl (C=O) groups is 3. The van der Waals surface area contributed by atoms with Crippen LogP contribution in [0.25, 0.3) is 0 Å². The number of aryl methyl sites for hydroxylation is 1. The van der Waals surface area contributed by atoms with Crippen molar-refractivity contribution in [1.29, 1.82) is 0 Å². The summed E-state index contributed by atoms with van der Waals surface area (Å²) in [4.78, 5) is 47.0. The number of rotatable bonds is 15. The van der Waals surface area contributed by atoms with Gasteiger partial charge in [-0.2, -0.15) is 26.3 Å². The minimum Gasteiger partial charge on any atom is -0.480 e. The average Bonchev–Trinajstić information content (AvgIpc) is 3.55. The van der Waals surface area contributed by atoms with Gasteiger partial charge in [0.15, 0.2) is 5.78 Å². The van der Waals surface area contributed by atoms with E-state index in [0.29, 0.717) is 82.6 Å². The molecule has 0 unspecified atom stereocenters. The van der Waals surface area contributed by atoms with Crippen LogP contribution in [0.4, 0.5) is 38.0 Å². The van der Waals surface area contributed by atoms with Crippen molar-refractivity contribution in [1.82, 2.24) is 15.3 Å². The van der Waals surface area contributed by atoms with Gasteiger partial charge in [0.05, 0.1) is 11.6 Å². The zero-order valence-corrected chi connectivity index (χ0v) is 27.0. The SMILES string of the molecule is N[C@@H](CCC(=O)NCCCC1CCN(c2cc(N3CCC[C@H]3C(=O)CCCc3ccc(C(F)(F)F)cc3)nc(C(F)(F)F)n2)CC1)C(=O)O. The number of benzene rings is 1. The first kappa shape index (κ1) is 37.9. The number of nitrogens with two attached hydrogens (primary N) is 1. The Kier molecular flexibility index (Phi) is 12.9. The molecule has 0 saturated carbocycles. The first-order chi connectivity index (χ1) is 23.1. The third-order valence-corrected chi connectivity index (χ3v) is 9.09. The molecule has 0 radical (unpaired) electrons. The normalized spacial score (nSPS) is 18.1. The molecule has 10 nitrogen and oxygen atoms in total. The van der Waals surface area contributed by atoms with Crippen molar-refractivity contribution in [3.63, 3.8) is 0 Å². The van der Waals surface area contributed by atoms with Gasteiger partial charge in [0.2, 0.25) is 11.7 Å². The lowest BCUT2D eigenvalue weighted by Gasteiger charge is -2.34. The lowest BCUT2D eigenvalue weighted by molar-refractivity contribution is -0.145. The number of amides is 1. The third-order valence-electron chi connectivity index (χ3n) is 9.09. The first-order valence-corrected chi connectivity index (χ1v) is 16.5. The summed E-state index contributed by atoms with van der Waals surface area (Å²) in [5.74, 6) is -2.37. The molecule has 16 heteroatoms. The highest BCUT2D eigenvalue weighted by Gasteiger charge is 2.39. The Bertz CT molecular complexity index is 1430. The van der Waals surface area contributed by atoms with Crippen LogP contribution in [0, 0.1) is 5.92 Å². The van der Waals surface area contributed by atoms with Crippen molar-refractivity contribution < 1.29 is 45.8 Å². The Labute approximate surface area is 280 Å². The third kappa shape index (κ3) is 11.0. The molecular formula is C33H42F6N6O4. The fourth-order valence-electron chi connectivity index (χ4n) is 6.30. The molecule has 3 heterocycles. The maximum absolute atomic E-state index is 13.9. The van der Waals surface area contributed by atoms with Crippen LogP contribution in [0.15, 0.2) is 30.3 Å². The van der Waals surface area contributed by atoms with Crippen LogP contribution in [0.2, 0.25) is 0 Å². The molecular weight excluding hydrogens is 658 g/mol. The second-order valence-electron chi connectivity index (χ2n) is 12.7. The molecule has 2 aliphatic rings. The highest BCUT2D eigenvalue weighted by molar-refractivity contribution is 5.87. The molecule has 2 fully saturated rings. The molecule has 1 amide bonds. The molecule has 49 heavy (non-hydrogen) atoms. The second-order valence-corrected chi connectivity index (χ2v) is 12.7. The number of halogens is 6. The molecule has 2 atom stereocenters. The summed E-state index contributed by atoms with van der Waals surface area (Å²) in [7, 11) is 0. The van der Waals surface area contributed by atoms with Crippen LogP contribution >= 0.6 is 0 Å². The van der Waals surface area contributed by atoms with Gasteiger partial charge in [-0.05, 0) is 81.4 Å². The number of carboxylic acid groups (broad SMARTS) is 1. The predicted octanol–water partition coefficient (Wildman–Crippen LogP) is 5.38. The highest BCUT2D eigenvalue weighted by Crippen LogP contribution is 2.35. The van der Waals surface area contributed by atoms with Gasteiger partial charge in [-0.25, -0.2) is 9.97 Å². The molecule has 1 aromatic heterocycles. The fourth-order valence-corrected chi connectivity index (χ4v) is 6.30. The van der Waals surface area contributed by atoms with E-state index in [9.17, 15) is 40.7 Å². The van der Waals surface area contributed by atoms with E-state index >= 15 is 0 Å². The highest BCUT2D eigenvalue weighted by atomic mass is 19.4. The van der Waals surface area contributed by atoms with Crippen molar-refractivity contribution in [2.24, 2.45) is 11.7 Å². The van der Waals surface area contributed by atoms with Gasteiger partial charge in [0.1, 0.15) is 17.7 Å². The summed E-state index contributed by atoms with van der Waals surface area (Å²) in [5, 5.41) is 11.6. The molecule has 4 rings (SSSR count). The zero-order chi connectivity index (χ0) is 35.8. The lowest BCUT2D eigenvalue weighted by atomic mass is 9.92. The topological polar surface area (TPSA) is 142 Å². The van der Waals surface area contributed by atoms with Gasteiger partial charge >= 0.3 is 18.3 Å². The number of Topliss-reactive ketones (excluding diaryl/α,β-unsaturated/α-hetero) is 1. The fraction of sp³-hybridized carbons (Fsp3) is 0.606. The number of piperidine rings is 1. The number of anilines is 2. The Morgan fingerprint density at radius 1 is 0.918 bits per heavy atom. The molecule has 1 aromatic carbocycles. The van der Waals surface area contributed by atoms with Gasteiger partial charge in [0.25, 0.3) is 0 Å². The summed E-state index contributed by atoms with van der Waals surface area (Å²) < 4.78 is 80.3. The van der Waals surface area contributed by atoms with E-state index in [-0.39, 0.29) is 42.6 Å². The molecule has 2 aromatic rings. The maximum Gasteiger partial charge on any atom is 0.451 e. The zero-order valence-electron chi connectivity index (χ0n) is 27.0. The molecule has 4 N–H and O–H groups in total. The van der Waals surface area contributed by atoms with E-state index in [2.05, 4.69) is 15.3 Å². The molecule has 0 bridgehead atoms. The number of aliphatic carboxylic acids is 1. The van der Waals surface area contributed by atoms with Gasteiger partial charge in [0, 0.05) is 45.1 Å². The second kappa shape index (κ2) is 16.6. The quantitative estimate of drug-likeness (QED) is 0.165. The number of carbonyl (C=O) groups excluding carboxylic acids is 2. The van der Waals surface area contributed by atoms with Crippen molar-refractivity contribution >= 4 is 29.3 Å². The number of carboxylic acids is 1. The largest absolute Gasteiger partial charge is 0.480 e. The number of alkyl halides is 6. The number of nitrogens with one attached hydrogen (secondary N) is 1.